The van der Waals surface area contributed by atoms with Crippen LogP contribution < -0.4 is 0 Å². The number of aliphatic carboxylic acids is 2. The highest BCUT2D eigenvalue weighted by Gasteiger charge is 2.17. The molecule has 2 rings (SSSR count). The largest absolute Gasteiger partial charge is 0.481 e. The molecule has 0 radical (unpaired) electrons. The molecule has 2 bridgehead atoms. The quantitative estimate of drug-likeness (QED) is 0.678. The minimum atomic E-state index is -0.723. The van der Waals surface area contributed by atoms with E-state index in [1.54, 1.807) is 0 Å². The first-order valence-corrected chi connectivity index (χ1v) is 10.4. The van der Waals surface area contributed by atoms with Crippen LogP contribution in [0.15, 0.2) is 0 Å². The summed E-state index contributed by atoms with van der Waals surface area (Å²) in [7, 11) is 0. The predicted octanol–water partition coefficient (Wildman–Crippen LogP) is 0.341. The van der Waals surface area contributed by atoms with Crippen LogP contribution >= 0.6 is 0 Å². The van der Waals surface area contributed by atoms with Gasteiger partial charge in [0.05, 0.1) is 12.8 Å². The number of rotatable bonds is 6. The summed E-state index contributed by atoms with van der Waals surface area (Å²) in [5, 5.41) is 18.0. The van der Waals surface area contributed by atoms with E-state index in [-0.39, 0.29) is 12.8 Å². The molecule has 2 N–H and O–H groups in total. The molecule has 0 spiro atoms. The van der Waals surface area contributed by atoms with Crippen LogP contribution in [0, 0.1) is 0 Å². The van der Waals surface area contributed by atoms with Gasteiger partial charge in [0.1, 0.15) is 0 Å². The van der Waals surface area contributed by atoms with Gasteiger partial charge in [0.15, 0.2) is 0 Å². The van der Waals surface area contributed by atoms with Crippen LogP contribution in [0.25, 0.3) is 0 Å². The lowest BCUT2D eigenvalue weighted by molar-refractivity contribution is -0.138. The standard InChI is InChI=1S/C19H36N4O4/c24-18(25)4-12-22-10-2-8-20-6-1-7-21(15-16-22)9-3-11-23(17-14-20)13-5-19(26)27/h1-17H2,(H,24,25)(H,26,27). The van der Waals surface area contributed by atoms with Gasteiger partial charge in [0, 0.05) is 39.3 Å². The van der Waals surface area contributed by atoms with Crippen LogP contribution in [0.2, 0.25) is 0 Å². The molecule has 2 aliphatic rings. The average molecular weight is 385 g/mol. The normalized spacial score (nSPS) is 27.0. The third kappa shape index (κ3) is 9.51. The first kappa shape index (κ1) is 22.1. The van der Waals surface area contributed by atoms with E-state index < -0.39 is 11.9 Å². The van der Waals surface area contributed by atoms with Crippen molar-refractivity contribution in [3.8, 4) is 0 Å². The Morgan fingerprint density at radius 2 is 0.926 bits per heavy atom. The van der Waals surface area contributed by atoms with Crippen molar-refractivity contribution in [1.82, 2.24) is 19.6 Å². The van der Waals surface area contributed by atoms with E-state index >= 15 is 0 Å². The molecular formula is C19H36N4O4. The van der Waals surface area contributed by atoms with Crippen molar-refractivity contribution in [2.24, 2.45) is 0 Å². The number of carbonyl (C=O) groups is 2. The van der Waals surface area contributed by atoms with E-state index in [4.69, 9.17) is 10.2 Å². The predicted molar refractivity (Wildman–Crippen MR) is 104 cm³/mol. The fourth-order valence-electron chi connectivity index (χ4n) is 3.97. The Kier molecular flexibility index (Phi) is 10.0. The first-order valence-electron chi connectivity index (χ1n) is 10.4. The van der Waals surface area contributed by atoms with E-state index in [9.17, 15) is 9.59 Å². The minimum absolute atomic E-state index is 0.211. The summed E-state index contributed by atoms with van der Waals surface area (Å²) in [5.74, 6) is -1.45. The van der Waals surface area contributed by atoms with Gasteiger partial charge in [-0.3, -0.25) is 9.59 Å². The molecule has 2 unspecified atom stereocenters. The van der Waals surface area contributed by atoms with Crippen molar-refractivity contribution in [2.45, 2.75) is 32.1 Å². The Bertz CT molecular complexity index is 423. The molecule has 0 aromatic rings. The second-order valence-corrected chi connectivity index (χ2v) is 7.71. The van der Waals surface area contributed by atoms with E-state index in [2.05, 4.69) is 19.6 Å². The Morgan fingerprint density at radius 1 is 0.556 bits per heavy atom. The number of hydrogen-bond donors (Lipinski definition) is 2. The minimum Gasteiger partial charge on any atom is -0.481 e. The molecule has 2 atom stereocenters. The third-order valence-electron chi connectivity index (χ3n) is 5.59. The van der Waals surface area contributed by atoms with Crippen LogP contribution in [0.5, 0.6) is 0 Å². The van der Waals surface area contributed by atoms with Crippen LogP contribution in [0.1, 0.15) is 32.1 Å². The topological polar surface area (TPSA) is 87.6 Å². The van der Waals surface area contributed by atoms with Crippen molar-refractivity contribution in [1.29, 1.82) is 0 Å². The van der Waals surface area contributed by atoms with Gasteiger partial charge in [-0.1, -0.05) is 0 Å². The Hall–Kier alpha value is -1.22. The summed E-state index contributed by atoms with van der Waals surface area (Å²) in [6.45, 7) is 11.2. The van der Waals surface area contributed by atoms with Gasteiger partial charge in [-0.05, 0) is 58.5 Å². The van der Waals surface area contributed by atoms with Gasteiger partial charge in [-0.2, -0.15) is 0 Å². The van der Waals surface area contributed by atoms with Crippen molar-refractivity contribution in [2.75, 3.05) is 78.5 Å². The molecule has 27 heavy (non-hydrogen) atoms. The molecule has 0 saturated carbocycles. The fraction of sp³-hybridized carbons (Fsp3) is 0.895. The van der Waals surface area contributed by atoms with Gasteiger partial charge < -0.3 is 29.8 Å². The number of hydrogen-bond acceptors (Lipinski definition) is 6. The Morgan fingerprint density at radius 3 is 1.30 bits per heavy atom. The summed E-state index contributed by atoms with van der Waals surface area (Å²) in [5.41, 5.74) is 0. The molecule has 8 heteroatoms. The maximum Gasteiger partial charge on any atom is 0.304 e. The summed E-state index contributed by atoms with van der Waals surface area (Å²) < 4.78 is 0. The summed E-state index contributed by atoms with van der Waals surface area (Å²) in [6.07, 6.45) is 3.68. The number of nitrogens with zero attached hydrogens (tertiary/aromatic N) is 4. The maximum atomic E-state index is 10.9. The highest BCUT2D eigenvalue weighted by Crippen LogP contribution is 2.07. The smallest absolute Gasteiger partial charge is 0.304 e. The first-order chi connectivity index (χ1) is 13.0. The summed E-state index contributed by atoms with van der Waals surface area (Å²) in [6, 6.07) is 0. The molecule has 0 aromatic carbocycles. The van der Waals surface area contributed by atoms with Crippen molar-refractivity contribution in [3.05, 3.63) is 0 Å². The lowest BCUT2D eigenvalue weighted by Gasteiger charge is -2.29. The van der Waals surface area contributed by atoms with Gasteiger partial charge in [-0.25, -0.2) is 0 Å². The van der Waals surface area contributed by atoms with E-state index in [1.165, 1.54) is 0 Å². The zero-order valence-corrected chi connectivity index (χ0v) is 16.5. The molecule has 2 saturated heterocycles. The molecule has 2 fully saturated rings. The van der Waals surface area contributed by atoms with Gasteiger partial charge >= 0.3 is 11.9 Å². The summed E-state index contributed by atoms with van der Waals surface area (Å²) in [4.78, 5) is 31.4. The Balaban J connectivity index is 1.96. The van der Waals surface area contributed by atoms with E-state index in [0.29, 0.717) is 13.1 Å². The fourth-order valence-corrected chi connectivity index (χ4v) is 3.97. The number of fused-ring (bicyclic) bond motifs is 4. The van der Waals surface area contributed by atoms with Crippen LogP contribution in [0.4, 0.5) is 0 Å². The van der Waals surface area contributed by atoms with Crippen LogP contribution in [-0.4, -0.2) is 120 Å². The van der Waals surface area contributed by atoms with Crippen molar-refractivity contribution in [3.63, 3.8) is 0 Å². The summed E-state index contributed by atoms with van der Waals surface area (Å²) >= 11 is 0. The Labute approximate surface area is 162 Å². The second-order valence-electron chi connectivity index (χ2n) is 7.71. The van der Waals surface area contributed by atoms with Crippen LogP contribution in [-0.2, 0) is 9.59 Å². The SMILES string of the molecule is O=C(O)CCN1CCCN2CCCN(CCCN(CCC(=O)O)CC2)CC1. The van der Waals surface area contributed by atoms with Gasteiger partial charge in [-0.15, -0.1) is 0 Å². The van der Waals surface area contributed by atoms with Crippen LogP contribution in [0.3, 0.4) is 0 Å². The highest BCUT2D eigenvalue weighted by molar-refractivity contribution is 5.67. The van der Waals surface area contributed by atoms with E-state index in [0.717, 1.165) is 84.7 Å². The lowest BCUT2D eigenvalue weighted by atomic mass is 10.2. The monoisotopic (exact) mass is 384 g/mol. The maximum absolute atomic E-state index is 10.9. The second kappa shape index (κ2) is 12.3. The highest BCUT2D eigenvalue weighted by atomic mass is 16.4. The number of carboxylic acid groups (broad SMARTS) is 2. The zero-order valence-electron chi connectivity index (χ0n) is 16.5. The van der Waals surface area contributed by atoms with Crippen molar-refractivity contribution < 1.29 is 19.8 Å². The molecule has 0 amide bonds. The molecular weight excluding hydrogens is 348 g/mol. The molecule has 0 aliphatic carbocycles. The third-order valence-corrected chi connectivity index (χ3v) is 5.59. The molecule has 2 heterocycles. The molecule has 0 aromatic heterocycles. The lowest BCUT2D eigenvalue weighted by Crippen LogP contribution is -2.40. The van der Waals surface area contributed by atoms with E-state index in [1.807, 2.05) is 0 Å². The average Bonchev–Trinajstić information content (AvgIpc) is 2.69. The molecule has 8 nitrogen and oxygen atoms in total. The number of carboxylic acids is 2. The molecule has 2 aliphatic heterocycles. The van der Waals surface area contributed by atoms with Crippen molar-refractivity contribution >= 4 is 11.9 Å². The van der Waals surface area contributed by atoms with Gasteiger partial charge in [0.25, 0.3) is 0 Å². The molecule has 156 valence electrons. The zero-order chi connectivity index (χ0) is 19.5. The van der Waals surface area contributed by atoms with Gasteiger partial charge in [0.2, 0.25) is 0 Å².